The lowest BCUT2D eigenvalue weighted by Gasteiger charge is -2.31. The summed E-state index contributed by atoms with van der Waals surface area (Å²) >= 11 is 0. The smallest absolute Gasteiger partial charge is 0.332 e. The van der Waals surface area contributed by atoms with E-state index >= 15 is 0 Å². The summed E-state index contributed by atoms with van der Waals surface area (Å²) in [6.07, 6.45) is 4.40. The Labute approximate surface area is 218 Å². The molecule has 8 heteroatoms. The number of rotatable bonds is 9. The molecule has 2 fully saturated rings. The summed E-state index contributed by atoms with van der Waals surface area (Å²) in [5.74, 6) is -1.78. The molecule has 2 aliphatic rings. The van der Waals surface area contributed by atoms with Gasteiger partial charge in [-0.05, 0) is 60.9 Å². The quantitative estimate of drug-likeness (QED) is 0.495. The predicted octanol–water partition coefficient (Wildman–Crippen LogP) is 4.34. The fraction of sp³-hybridized carbons (Fsp3) is 0.448. The van der Waals surface area contributed by atoms with Crippen molar-refractivity contribution in [3.8, 4) is 0 Å². The van der Waals surface area contributed by atoms with Gasteiger partial charge in [0.05, 0.1) is 6.42 Å². The van der Waals surface area contributed by atoms with Crippen molar-refractivity contribution >= 4 is 35.1 Å². The van der Waals surface area contributed by atoms with Crippen molar-refractivity contribution < 1.29 is 19.2 Å². The van der Waals surface area contributed by atoms with Crippen LogP contribution in [0.5, 0.6) is 0 Å². The van der Waals surface area contributed by atoms with E-state index in [2.05, 4.69) is 5.32 Å². The highest BCUT2D eigenvalue weighted by atomic mass is 16.2. The molecule has 2 aromatic carbocycles. The van der Waals surface area contributed by atoms with E-state index in [1.807, 2.05) is 63.2 Å². The monoisotopic (exact) mass is 504 g/mol. The number of urea groups is 1. The first-order chi connectivity index (χ1) is 17.8. The minimum absolute atomic E-state index is 0.435. The highest BCUT2D eigenvalue weighted by Gasteiger charge is 2.61. The molecule has 0 bridgehead atoms. The van der Waals surface area contributed by atoms with Crippen LogP contribution in [0, 0.1) is 0 Å². The third-order valence-corrected chi connectivity index (χ3v) is 7.73. The molecule has 1 unspecified atom stereocenters. The number of imide groups is 1. The van der Waals surface area contributed by atoms with Gasteiger partial charge in [0.25, 0.3) is 5.91 Å². The summed E-state index contributed by atoms with van der Waals surface area (Å²) < 4.78 is 0. The van der Waals surface area contributed by atoms with Crippen molar-refractivity contribution in [2.24, 2.45) is 5.73 Å². The van der Waals surface area contributed by atoms with Crippen molar-refractivity contribution in [3.63, 3.8) is 0 Å². The Morgan fingerprint density at radius 3 is 2.05 bits per heavy atom. The second-order valence-corrected chi connectivity index (χ2v) is 9.89. The van der Waals surface area contributed by atoms with E-state index in [0.717, 1.165) is 40.9 Å². The summed E-state index contributed by atoms with van der Waals surface area (Å²) in [5, 5.41) is 2.94. The average molecular weight is 505 g/mol. The fourth-order valence-electron chi connectivity index (χ4n) is 5.71. The molecule has 1 atom stereocenters. The molecular formula is C29H36N4O4. The minimum atomic E-state index is -1.34. The number of para-hydroxylation sites is 1. The zero-order valence-corrected chi connectivity index (χ0v) is 21.9. The number of aryl methyl sites for hydroxylation is 3. The van der Waals surface area contributed by atoms with Crippen molar-refractivity contribution in [2.75, 3.05) is 10.2 Å². The lowest BCUT2D eigenvalue weighted by Crippen LogP contribution is -2.51. The van der Waals surface area contributed by atoms with Gasteiger partial charge in [-0.15, -0.1) is 0 Å². The van der Waals surface area contributed by atoms with Crippen LogP contribution < -0.4 is 16.0 Å². The molecular weight excluding hydrogens is 468 g/mol. The van der Waals surface area contributed by atoms with Crippen LogP contribution in [0.25, 0.3) is 0 Å². The molecule has 2 aromatic rings. The number of hydrogen-bond donors (Lipinski definition) is 2. The maximum absolute atomic E-state index is 14.0. The van der Waals surface area contributed by atoms with Gasteiger partial charge < -0.3 is 11.1 Å². The molecule has 1 saturated heterocycles. The van der Waals surface area contributed by atoms with E-state index in [4.69, 9.17) is 5.73 Å². The van der Waals surface area contributed by atoms with E-state index in [0.29, 0.717) is 37.1 Å². The Morgan fingerprint density at radius 2 is 1.54 bits per heavy atom. The average Bonchev–Trinajstić information content (AvgIpc) is 3.46. The Bertz CT molecular complexity index is 1180. The normalized spacial score (nSPS) is 17.5. The summed E-state index contributed by atoms with van der Waals surface area (Å²) in [7, 11) is 0. The molecule has 1 heterocycles. The number of hydrogen-bond acceptors (Lipinski definition) is 4. The van der Waals surface area contributed by atoms with Crippen LogP contribution in [0.4, 0.5) is 16.2 Å². The van der Waals surface area contributed by atoms with Crippen molar-refractivity contribution in [3.05, 3.63) is 59.2 Å². The second kappa shape index (κ2) is 10.7. The van der Waals surface area contributed by atoms with E-state index in [1.54, 1.807) is 4.90 Å². The number of carbonyl (C=O) groups is 4. The highest BCUT2D eigenvalue weighted by molar-refractivity contribution is 6.19. The van der Waals surface area contributed by atoms with Crippen LogP contribution in [0.15, 0.2) is 42.5 Å². The van der Waals surface area contributed by atoms with Gasteiger partial charge in [-0.3, -0.25) is 19.3 Å². The van der Waals surface area contributed by atoms with Crippen molar-refractivity contribution in [1.82, 2.24) is 4.90 Å². The van der Waals surface area contributed by atoms with Gasteiger partial charge in [0.15, 0.2) is 0 Å². The molecule has 1 saturated carbocycles. The number of amides is 5. The topological polar surface area (TPSA) is 113 Å². The maximum Gasteiger partial charge on any atom is 0.332 e. The standard InChI is InChI=1S/C29H36N4O4/c1-4-19-12-14-22(15-13-19)33-28(37)32(27(36)29(33)16-7-8-17-29)23(18-24(30)34)26(35)31-25-20(5-2)10-9-11-21(25)6-3/h9-15,23H,4-8,16-18H2,1-3H3,(H2,30,34)(H,31,35). The van der Waals surface area contributed by atoms with E-state index < -0.39 is 41.8 Å². The van der Waals surface area contributed by atoms with Gasteiger partial charge in [-0.2, -0.15) is 0 Å². The lowest BCUT2D eigenvalue weighted by molar-refractivity contribution is -0.137. The van der Waals surface area contributed by atoms with Crippen LogP contribution in [-0.2, 0) is 33.6 Å². The molecule has 196 valence electrons. The minimum Gasteiger partial charge on any atom is -0.370 e. The molecule has 8 nitrogen and oxygen atoms in total. The highest BCUT2D eigenvalue weighted by Crippen LogP contribution is 2.45. The first kappa shape index (κ1) is 26.4. The summed E-state index contributed by atoms with van der Waals surface area (Å²) in [6, 6.07) is 11.5. The fourth-order valence-corrected chi connectivity index (χ4v) is 5.71. The molecule has 0 aromatic heterocycles. The number of nitrogens with zero attached hydrogens (tertiary/aromatic N) is 2. The Kier molecular flexibility index (Phi) is 7.66. The number of carbonyl (C=O) groups excluding carboxylic acids is 4. The Morgan fingerprint density at radius 1 is 0.946 bits per heavy atom. The number of anilines is 2. The van der Waals surface area contributed by atoms with Crippen LogP contribution >= 0.6 is 0 Å². The van der Waals surface area contributed by atoms with Crippen molar-refractivity contribution in [1.29, 1.82) is 0 Å². The van der Waals surface area contributed by atoms with Gasteiger partial charge in [-0.25, -0.2) is 9.69 Å². The van der Waals surface area contributed by atoms with E-state index in [9.17, 15) is 19.2 Å². The molecule has 4 rings (SSSR count). The number of nitrogens with two attached hydrogens (primary N) is 1. The van der Waals surface area contributed by atoms with Gasteiger partial charge in [0.1, 0.15) is 11.6 Å². The Balaban J connectivity index is 1.74. The van der Waals surface area contributed by atoms with Crippen LogP contribution in [-0.4, -0.2) is 40.2 Å². The zero-order valence-electron chi connectivity index (χ0n) is 21.9. The van der Waals surface area contributed by atoms with E-state index in [-0.39, 0.29) is 0 Å². The Hall–Kier alpha value is -3.68. The van der Waals surface area contributed by atoms with Crippen LogP contribution in [0.1, 0.15) is 69.6 Å². The third kappa shape index (κ3) is 4.72. The van der Waals surface area contributed by atoms with Gasteiger partial charge >= 0.3 is 6.03 Å². The lowest BCUT2D eigenvalue weighted by atomic mass is 9.94. The first-order valence-electron chi connectivity index (χ1n) is 13.2. The molecule has 37 heavy (non-hydrogen) atoms. The third-order valence-electron chi connectivity index (χ3n) is 7.73. The van der Waals surface area contributed by atoms with Crippen LogP contribution in [0.2, 0.25) is 0 Å². The SMILES string of the molecule is CCc1ccc(N2C(=O)N(C(CC(N)=O)C(=O)Nc3c(CC)cccc3CC)C(=O)C23CCCC3)cc1. The van der Waals surface area contributed by atoms with Crippen LogP contribution in [0.3, 0.4) is 0 Å². The number of primary amides is 1. The van der Waals surface area contributed by atoms with E-state index in [1.165, 1.54) is 0 Å². The maximum atomic E-state index is 14.0. The molecule has 1 spiro atoms. The molecule has 1 aliphatic carbocycles. The van der Waals surface area contributed by atoms with Gasteiger partial charge in [-0.1, -0.05) is 63.9 Å². The number of nitrogens with one attached hydrogen (secondary N) is 1. The second-order valence-electron chi connectivity index (χ2n) is 9.89. The molecule has 5 amide bonds. The molecule has 3 N–H and O–H groups in total. The summed E-state index contributed by atoms with van der Waals surface area (Å²) in [5.41, 5.74) is 8.75. The molecule has 0 radical (unpaired) electrons. The summed E-state index contributed by atoms with van der Waals surface area (Å²) in [4.78, 5) is 56.3. The van der Waals surface area contributed by atoms with Gasteiger partial charge in [0.2, 0.25) is 11.8 Å². The predicted molar refractivity (Wildman–Crippen MR) is 143 cm³/mol. The first-order valence-corrected chi connectivity index (χ1v) is 13.2. The number of benzene rings is 2. The molecule has 1 aliphatic heterocycles. The van der Waals surface area contributed by atoms with Gasteiger partial charge in [0, 0.05) is 11.4 Å². The zero-order chi connectivity index (χ0) is 26.7. The largest absolute Gasteiger partial charge is 0.370 e. The summed E-state index contributed by atoms with van der Waals surface area (Å²) in [6.45, 7) is 6.03. The van der Waals surface area contributed by atoms with Crippen molar-refractivity contribution in [2.45, 2.75) is 83.7 Å².